The fourth-order valence-electron chi connectivity index (χ4n) is 5.44. The van der Waals surface area contributed by atoms with Crippen LogP contribution in [0.25, 0.3) is 28.0 Å². The first-order chi connectivity index (χ1) is 17.2. The molecule has 1 amide bonds. The Morgan fingerprint density at radius 1 is 1.08 bits per heavy atom. The van der Waals surface area contributed by atoms with Gasteiger partial charge in [0.15, 0.2) is 11.5 Å². The molecule has 0 radical (unpaired) electrons. The molecule has 8 heteroatoms. The molecule has 1 atom stereocenters. The van der Waals surface area contributed by atoms with Crippen molar-refractivity contribution in [3.63, 3.8) is 0 Å². The molecule has 1 aliphatic heterocycles. The number of nitrogen functional groups attached to an aromatic ring is 1. The second kappa shape index (κ2) is 7.91. The number of amides is 1. The Kier molecular flexibility index (Phi) is 4.90. The van der Waals surface area contributed by atoms with Crippen molar-refractivity contribution < 1.29 is 14.7 Å². The number of hydrogen-bond donors (Lipinski definition) is 2. The van der Waals surface area contributed by atoms with Crippen molar-refractivity contribution in [2.45, 2.75) is 46.2 Å². The first-order valence-electron chi connectivity index (χ1n) is 12.2. The maximum atomic E-state index is 13.2. The van der Waals surface area contributed by atoms with Crippen LogP contribution in [0.1, 0.15) is 57.2 Å². The third-order valence-corrected chi connectivity index (χ3v) is 7.58. The molecule has 6 rings (SSSR count). The number of carboxylic acids is 1. The SMILES string of the molecule is Cc1cc(-c2c(N)nn3ccc(-c4cc(C)c5c(c4)CN([C@@H](C)C4CC4)C5=O)nc23)ccc1C(=O)O. The highest BCUT2D eigenvalue weighted by Gasteiger charge is 2.39. The first-order valence-corrected chi connectivity index (χ1v) is 12.2. The van der Waals surface area contributed by atoms with Gasteiger partial charge in [0.25, 0.3) is 5.91 Å². The number of nitrogens with zero attached hydrogens (tertiary/aromatic N) is 4. The van der Waals surface area contributed by atoms with E-state index in [0.717, 1.165) is 33.5 Å². The quantitative estimate of drug-likeness (QED) is 0.427. The normalized spacial score (nSPS) is 16.0. The van der Waals surface area contributed by atoms with Gasteiger partial charge in [-0.25, -0.2) is 14.3 Å². The fraction of sp³-hybridized carbons (Fsp3) is 0.286. The number of hydrogen-bond acceptors (Lipinski definition) is 5. The minimum Gasteiger partial charge on any atom is -0.478 e. The van der Waals surface area contributed by atoms with E-state index in [1.807, 2.05) is 30.2 Å². The van der Waals surface area contributed by atoms with Gasteiger partial charge in [0.1, 0.15) is 0 Å². The Morgan fingerprint density at radius 3 is 2.53 bits per heavy atom. The Hall–Kier alpha value is -4.20. The van der Waals surface area contributed by atoms with Gasteiger partial charge in [-0.3, -0.25) is 4.79 Å². The predicted octanol–water partition coefficient (Wildman–Crippen LogP) is 4.71. The number of fused-ring (bicyclic) bond motifs is 2. The van der Waals surface area contributed by atoms with E-state index in [9.17, 15) is 14.7 Å². The van der Waals surface area contributed by atoms with Crippen molar-refractivity contribution in [3.8, 4) is 22.4 Å². The summed E-state index contributed by atoms with van der Waals surface area (Å²) < 4.78 is 1.64. The zero-order valence-corrected chi connectivity index (χ0v) is 20.4. The van der Waals surface area contributed by atoms with Gasteiger partial charge in [0, 0.05) is 29.9 Å². The molecule has 2 aliphatic rings. The first kappa shape index (κ1) is 22.3. The number of carbonyl (C=O) groups is 2. The lowest BCUT2D eigenvalue weighted by Crippen LogP contribution is -2.34. The van der Waals surface area contributed by atoms with Gasteiger partial charge in [-0.1, -0.05) is 12.1 Å². The number of aryl methyl sites for hydroxylation is 2. The molecule has 3 N–H and O–H groups in total. The maximum Gasteiger partial charge on any atom is 0.335 e. The highest BCUT2D eigenvalue weighted by molar-refractivity contribution is 6.00. The van der Waals surface area contributed by atoms with E-state index in [4.69, 9.17) is 10.7 Å². The Morgan fingerprint density at radius 2 is 1.83 bits per heavy atom. The Bertz CT molecular complexity index is 1580. The third kappa shape index (κ3) is 3.44. The van der Waals surface area contributed by atoms with Crippen LogP contribution >= 0.6 is 0 Å². The third-order valence-electron chi connectivity index (χ3n) is 7.58. The molecule has 0 unspecified atom stereocenters. The van der Waals surface area contributed by atoms with Gasteiger partial charge in [-0.2, -0.15) is 0 Å². The molecule has 36 heavy (non-hydrogen) atoms. The van der Waals surface area contributed by atoms with E-state index in [2.05, 4.69) is 18.1 Å². The second-order valence-corrected chi connectivity index (χ2v) is 10.0. The molecule has 1 aliphatic carbocycles. The zero-order chi connectivity index (χ0) is 25.3. The van der Waals surface area contributed by atoms with Gasteiger partial charge < -0.3 is 15.7 Å². The summed E-state index contributed by atoms with van der Waals surface area (Å²) in [6.45, 7) is 6.53. The van der Waals surface area contributed by atoms with Gasteiger partial charge >= 0.3 is 5.97 Å². The number of carbonyl (C=O) groups excluding carboxylic acids is 1. The van der Waals surface area contributed by atoms with E-state index in [1.165, 1.54) is 12.8 Å². The molecule has 0 saturated heterocycles. The van der Waals surface area contributed by atoms with Crippen molar-refractivity contribution in [2.75, 3.05) is 5.73 Å². The van der Waals surface area contributed by atoms with E-state index in [-0.39, 0.29) is 17.5 Å². The lowest BCUT2D eigenvalue weighted by atomic mass is 9.98. The van der Waals surface area contributed by atoms with Crippen LogP contribution in [-0.4, -0.2) is 42.5 Å². The summed E-state index contributed by atoms with van der Waals surface area (Å²) in [6.07, 6.45) is 4.22. The van der Waals surface area contributed by atoms with E-state index in [1.54, 1.807) is 29.6 Å². The van der Waals surface area contributed by atoms with Gasteiger partial charge in [-0.05, 0) is 86.1 Å². The average molecular weight is 482 g/mol. The lowest BCUT2D eigenvalue weighted by molar-refractivity contribution is 0.0687. The van der Waals surface area contributed by atoms with Gasteiger partial charge in [0.05, 0.1) is 16.8 Å². The molecule has 8 nitrogen and oxygen atoms in total. The maximum absolute atomic E-state index is 13.2. The number of anilines is 1. The fourth-order valence-corrected chi connectivity index (χ4v) is 5.44. The number of carboxylic acid groups (broad SMARTS) is 1. The predicted molar refractivity (Wildman–Crippen MR) is 137 cm³/mol. The monoisotopic (exact) mass is 481 g/mol. The van der Waals surface area contributed by atoms with Crippen LogP contribution in [-0.2, 0) is 6.54 Å². The minimum absolute atomic E-state index is 0.128. The van der Waals surface area contributed by atoms with E-state index >= 15 is 0 Å². The molecule has 0 bridgehead atoms. The minimum atomic E-state index is -0.970. The standard InChI is InChI=1S/C28H27N5O3/c1-14-10-18(6-7-21(14)28(35)36)24-25(29)31-33-9-8-22(30-26(24)33)19-11-15(2)23-20(12-19)13-32(27(23)34)16(3)17-4-5-17/h6-12,16-17H,4-5,13H2,1-3H3,(H2,29,31)(H,35,36)/t16-/m0/s1. The molecule has 1 saturated carbocycles. The smallest absolute Gasteiger partial charge is 0.335 e. The van der Waals surface area contributed by atoms with Crippen molar-refractivity contribution in [1.82, 2.24) is 19.5 Å². The molecular formula is C28H27N5O3. The zero-order valence-electron chi connectivity index (χ0n) is 20.4. The summed E-state index contributed by atoms with van der Waals surface area (Å²) >= 11 is 0. The number of aromatic nitrogens is 3. The van der Waals surface area contributed by atoms with Crippen LogP contribution in [0.5, 0.6) is 0 Å². The van der Waals surface area contributed by atoms with Crippen LogP contribution in [0.2, 0.25) is 0 Å². The molecule has 182 valence electrons. The highest BCUT2D eigenvalue weighted by Crippen LogP contribution is 2.40. The molecule has 2 aromatic heterocycles. The number of nitrogens with two attached hydrogens (primary N) is 1. The molecule has 2 aromatic carbocycles. The summed E-state index contributed by atoms with van der Waals surface area (Å²) in [4.78, 5) is 31.5. The Balaban J connectivity index is 1.42. The van der Waals surface area contributed by atoms with Crippen LogP contribution in [0, 0.1) is 19.8 Å². The van der Waals surface area contributed by atoms with Gasteiger partial charge in [0.2, 0.25) is 0 Å². The molecular weight excluding hydrogens is 454 g/mol. The molecule has 1 fully saturated rings. The van der Waals surface area contributed by atoms with Crippen LogP contribution < -0.4 is 5.73 Å². The molecule has 0 spiro atoms. The number of aromatic carboxylic acids is 1. The summed E-state index contributed by atoms with van der Waals surface area (Å²) in [5.41, 5.74) is 13.7. The van der Waals surface area contributed by atoms with Crippen LogP contribution in [0.4, 0.5) is 5.82 Å². The highest BCUT2D eigenvalue weighted by atomic mass is 16.4. The van der Waals surface area contributed by atoms with Crippen molar-refractivity contribution in [3.05, 3.63) is 70.4 Å². The summed E-state index contributed by atoms with van der Waals surface area (Å²) in [6, 6.07) is 11.4. The second-order valence-electron chi connectivity index (χ2n) is 10.0. The van der Waals surface area contributed by atoms with E-state index < -0.39 is 5.97 Å². The van der Waals surface area contributed by atoms with Gasteiger partial charge in [-0.15, -0.1) is 5.10 Å². The molecule has 3 heterocycles. The largest absolute Gasteiger partial charge is 0.478 e. The topological polar surface area (TPSA) is 114 Å². The summed E-state index contributed by atoms with van der Waals surface area (Å²) in [5, 5.41) is 13.8. The number of rotatable bonds is 5. The van der Waals surface area contributed by atoms with E-state index in [0.29, 0.717) is 35.1 Å². The summed E-state index contributed by atoms with van der Waals surface area (Å²) in [7, 11) is 0. The van der Waals surface area contributed by atoms with Crippen molar-refractivity contribution in [2.24, 2.45) is 5.92 Å². The van der Waals surface area contributed by atoms with Crippen LogP contribution in [0.3, 0.4) is 0 Å². The lowest BCUT2D eigenvalue weighted by Gasteiger charge is -2.24. The average Bonchev–Trinajstić information content (AvgIpc) is 3.55. The number of benzene rings is 2. The van der Waals surface area contributed by atoms with Crippen molar-refractivity contribution in [1.29, 1.82) is 0 Å². The van der Waals surface area contributed by atoms with Crippen LogP contribution in [0.15, 0.2) is 42.6 Å². The van der Waals surface area contributed by atoms with Crippen molar-refractivity contribution >= 4 is 23.3 Å². The summed E-state index contributed by atoms with van der Waals surface area (Å²) in [5.74, 6) is 0.0966. The Labute approximate surface area is 208 Å². The molecule has 4 aromatic rings.